The van der Waals surface area contributed by atoms with E-state index in [-0.39, 0.29) is 36.4 Å². The summed E-state index contributed by atoms with van der Waals surface area (Å²) in [5, 5.41) is 34.8. The average molecular weight is 767 g/mol. The molecule has 2 amide bonds. The number of carbonyl (C=O) groups is 6. The number of methoxy groups -OCH3 is 1. The standard InChI is InChI=1S/C31H33N3O11.C7H13NO2/c1-14-7-6-8-18-19(14)9-17(42-5)10-20(18)30(41)45-27(31(4)13-43-31)29(40)33-23(28(39)32-21(12-35)15(2)36)24-26(44-16(3)37)25(38)22-11-34(22)24;8-6-4-2-1-3-5(6)7(9)10/h6-10,12,22,25-27,35,38H,11,13H2,1-5H3,(H,32,39)(H,33,40);5-6H,1-4,8H2,(H,9,10)/b21-12-,24-23+;/t22-,25+,26+,27+,31-,34?;/m0./s1. The summed E-state index contributed by atoms with van der Waals surface area (Å²) in [5.74, 6) is -4.96. The number of piperidine rings is 1. The Morgan fingerprint density at radius 1 is 1.07 bits per heavy atom. The monoisotopic (exact) mass is 766 g/mol. The number of Topliss-reactive ketones (excluding diaryl/α,β-unsaturated/α-hetero) is 1. The molecule has 1 aliphatic carbocycles. The maximum Gasteiger partial charge on any atom is 0.339 e. The lowest BCUT2D eigenvalue weighted by Gasteiger charge is -2.25. The van der Waals surface area contributed by atoms with E-state index in [0.29, 0.717) is 17.4 Å². The highest BCUT2D eigenvalue weighted by Gasteiger charge is 2.59. The number of esters is 2. The van der Waals surface area contributed by atoms with Gasteiger partial charge in [0.1, 0.15) is 35.1 Å². The lowest BCUT2D eigenvalue weighted by atomic mass is 9.85. The molecule has 3 saturated heterocycles. The predicted molar refractivity (Wildman–Crippen MR) is 193 cm³/mol. The Labute approximate surface area is 316 Å². The molecule has 2 aromatic rings. The van der Waals surface area contributed by atoms with E-state index in [1.807, 2.05) is 13.0 Å². The van der Waals surface area contributed by atoms with Crippen molar-refractivity contribution < 1.29 is 63.0 Å². The Morgan fingerprint density at radius 3 is 2.33 bits per heavy atom. The van der Waals surface area contributed by atoms with Crippen molar-refractivity contribution in [2.45, 2.75) is 89.4 Å². The third-order valence-electron chi connectivity index (χ3n) is 10.1. The zero-order chi connectivity index (χ0) is 40.4. The van der Waals surface area contributed by atoms with Gasteiger partial charge < -0.3 is 55.5 Å². The van der Waals surface area contributed by atoms with Crippen molar-refractivity contribution in [3.05, 3.63) is 64.8 Å². The largest absolute Gasteiger partial charge is 0.513 e. The molecular weight excluding hydrogens is 720 g/mol. The number of hydrogen-bond donors (Lipinski definition) is 6. The highest BCUT2D eigenvalue weighted by Crippen LogP contribution is 2.42. The Hall–Kier alpha value is -5.52. The maximum atomic E-state index is 13.9. The molecule has 3 heterocycles. The molecule has 1 saturated carbocycles. The van der Waals surface area contributed by atoms with E-state index in [9.17, 15) is 39.0 Å². The van der Waals surface area contributed by atoms with Gasteiger partial charge in [-0.1, -0.05) is 31.0 Å². The number of aliphatic carboxylic acids is 1. The normalized spacial score (nSPS) is 26.6. The highest BCUT2D eigenvalue weighted by molar-refractivity contribution is 6.08. The first-order chi connectivity index (χ1) is 26.0. The molecule has 7 N–H and O–H groups in total. The molecular formula is C38H46N4O13. The molecule has 17 heteroatoms. The molecule has 2 aromatic carbocycles. The van der Waals surface area contributed by atoms with Gasteiger partial charge in [-0.15, -0.1) is 0 Å². The summed E-state index contributed by atoms with van der Waals surface area (Å²) < 4.78 is 21.9. The number of aryl methyl sites for hydroxylation is 1. The molecule has 55 heavy (non-hydrogen) atoms. The van der Waals surface area contributed by atoms with Gasteiger partial charge in [-0.3, -0.25) is 24.0 Å². The van der Waals surface area contributed by atoms with Crippen molar-refractivity contribution in [3.8, 4) is 5.75 Å². The molecule has 0 spiro atoms. The summed E-state index contributed by atoms with van der Waals surface area (Å²) >= 11 is 0. The number of nitrogens with zero attached hydrogens (tertiary/aromatic N) is 1. The number of carbonyl (C=O) groups excluding carboxylic acids is 5. The van der Waals surface area contributed by atoms with E-state index in [2.05, 4.69) is 10.6 Å². The molecule has 7 atom stereocenters. The number of epoxide rings is 1. The van der Waals surface area contributed by atoms with Crippen LogP contribution in [-0.4, -0.2) is 112 Å². The topological polar surface area (TPSA) is 256 Å². The second kappa shape index (κ2) is 16.5. The first-order valence-electron chi connectivity index (χ1n) is 17.8. The first kappa shape index (κ1) is 40.7. The molecule has 3 aliphatic heterocycles. The number of carboxylic acid groups (broad SMARTS) is 1. The number of hydrogen-bond acceptors (Lipinski definition) is 14. The van der Waals surface area contributed by atoms with Crippen molar-refractivity contribution in [1.82, 2.24) is 15.5 Å². The summed E-state index contributed by atoms with van der Waals surface area (Å²) in [6, 6.07) is 8.06. The molecule has 6 rings (SSSR count). The third-order valence-corrected chi connectivity index (χ3v) is 10.1. The molecule has 17 nitrogen and oxygen atoms in total. The van der Waals surface area contributed by atoms with Crippen LogP contribution in [0.3, 0.4) is 0 Å². The fraction of sp³-hybridized carbons (Fsp3) is 0.474. The number of allylic oxidation sites excluding steroid dienone is 1. The van der Waals surface area contributed by atoms with Crippen LogP contribution in [0.4, 0.5) is 0 Å². The van der Waals surface area contributed by atoms with Crippen LogP contribution in [0.1, 0.15) is 62.4 Å². The van der Waals surface area contributed by atoms with Gasteiger partial charge in [-0.25, -0.2) is 4.79 Å². The van der Waals surface area contributed by atoms with Gasteiger partial charge in [0, 0.05) is 26.4 Å². The van der Waals surface area contributed by atoms with E-state index in [0.717, 1.165) is 50.5 Å². The van der Waals surface area contributed by atoms with E-state index < -0.39 is 76.9 Å². The van der Waals surface area contributed by atoms with E-state index >= 15 is 0 Å². The van der Waals surface area contributed by atoms with Gasteiger partial charge >= 0.3 is 17.9 Å². The summed E-state index contributed by atoms with van der Waals surface area (Å²) in [6.45, 7) is 5.99. The highest BCUT2D eigenvalue weighted by atomic mass is 16.6. The van der Waals surface area contributed by atoms with Gasteiger partial charge in [0.2, 0.25) is 6.10 Å². The lowest BCUT2D eigenvalue weighted by molar-refractivity contribution is -0.149. The van der Waals surface area contributed by atoms with Crippen LogP contribution in [0.2, 0.25) is 0 Å². The van der Waals surface area contributed by atoms with E-state index in [4.69, 9.17) is 29.8 Å². The van der Waals surface area contributed by atoms with Crippen molar-refractivity contribution in [1.29, 1.82) is 0 Å². The number of aliphatic hydroxyl groups is 2. The van der Waals surface area contributed by atoms with Gasteiger partial charge in [-0.05, 0) is 55.2 Å². The fourth-order valence-corrected chi connectivity index (χ4v) is 6.82. The van der Waals surface area contributed by atoms with Crippen molar-refractivity contribution >= 4 is 46.3 Å². The minimum absolute atomic E-state index is 0.0319. The number of nitrogens with one attached hydrogen (secondary N) is 2. The number of fused-ring (bicyclic) bond motifs is 2. The number of benzene rings is 2. The quantitative estimate of drug-likeness (QED) is 0.0820. The van der Waals surface area contributed by atoms with Crippen LogP contribution in [0.15, 0.2) is 53.7 Å². The van der Waals surface area contributed by atoms with Gasteiger partial charge in [0.25, 0.3) is 11.8 Å². The second-order valence-electron chi connectivity index (χ2n) is 14.2. The minimum atomic E-state index is -1.58. The molecule has 0 aromatic heterocycles. The van der Waals surface area contributed by atoms with Crippen LogP contribution in [0, 0.1) is 12.8 Å². The molecule has 2 unspecified atom stereocenters. The van der Waals surface area contributed by atoms with Crippen molar-refractivity contribution in [2.24, 2.45) is 11.7 Å². The number of nitrogens with two attached hydrogens (primary N) is 1. The number of carboxylic acids is 1. The van der Waals surface area contributed by atoms with Gasteiger partial charge in [-0.2, -0.15) is 0 Å². The molecule has 0 radical (unpaired) electrons. The molecule has 0 bridgehead atoms. The minimum Gasteiger partial charge on any atom is -0.513 e. The Bertz CT molecular complexity index is 1950. The zero-order valence-corrected chi connectivity index (χ0v) is 31.1. The van der Waals surface area contributed by atoms with E-state index in [1.165, 1.54) is 13.2 Å². The number of rotatable bonds is 11. The molecule has 4 fully saturated rings. The van der Waals surface area contributed by atoms with Crippen LogP contribution >= 0.6 is 0 Å². The fourth-order valence-electron chi connectivity index (χ4n) is 6.82. The summed E-state index contributed by atoms with van der Waals surface area (Å²) in [6.07, 6.45) is 0.00163. The van der Waals surface area contributed by atoms with Crippen LogP contribution < -0.4 is 21.1 Å². The number of ether oxygens (including phenoxy) is 4. The Kier molecular flexibility index (Phi) is 12.2. The first-order valence-corrected chi connectivity index (χ1v) is 17.8. The Balaban J connectivity index is 0.000000504. The average Bonchev–Trinajstić information content (AvgIpc) is 4.07. The smallest absolute Gasteiger partial charge is 0.339 e. The van der Waals surface area contributed by atoms with Gasteiger partial charge in [0.15, 0.2) is 11.9 Å². The van der Waals surface area contributed by atoms with Crippen LogP contribution in [0.25, 0.3) is 10.8 Å². The van der Waals surface area contributed by atoms with Crippen molar-refractivity contribution in [2.75, 3.05) is 20.3 Å². The summed E-state index contributed by atoms with van der Waals surface area (Å²) in [5.41, 5.74) is 4.35. The van der Waals surface area contributed by atoms with Crippen molar-refractivity contribution in [3.63, 3.8) is 0 Å². The summed E-state index contributed by atoms with van der Waals surface area (Å²) in [7, 11) is 1.46. The number of aliphatic hydroxyl groups excluding tert-OH is 2. The SMILES string of the molecule is COc1cc(C(=O)O[C@H](C(=O)N/C(C(=O)N/C(=C\O)C(C)=O)=C2\[C@@H](OC(C)=O)[C@H](O)[C@@H]3CN23)[C@]2(C)CO2)c2cccc(C)c2c1.NC1CCCCC1C(=O)O. The van der Waals surface area contributed by atoms with Crippen LogP contribution in [-0.2, 0) is 38.2 Å². The molecule has 4 aliphatic rings. The third kappa shape index (κ3) is 8.90. The van der Waals surface area contributed by atoms with Gasteiger partial charge in [0.05, 0.1) is 36.9 Å². The number of ketones is 1. The lowest BCUT2D eigenvalue weighted by Crippen LogP contribution is -2.49. The predicted octanol–water partition coefficient (Wildman–Crippen LogP) is 1.48. The van der Waals surface area contributed by atoms with Crippen LogP contribution in [0.5, 0.6) is 5.75 Å². The number of amides is 2. The second-order valence-corrected chi connectivity index (χ2v) is 14.2. The Morgan fingerprint density at radius 2 is 1.76 bits per heavy atom. The maximum absolute atomic E-state index is 13.9. The van der Waals surface area contributed by atoms with E-state index in [1.54, 1.807) is 30.0 Å². The molecule has 296 valence electrons. The summed E-state index contributed by atoms with van der Waals surface area (Å²) in [4.78, 5) is 76.9. The zero-order valence-electron chi connectivity index (χ0n) is 31.1.